The molecule has 0 fully saturated rings. The largest absolute Gasteiger partial charge is 0.497 e. The molecule has 0 atom stereocenters. The zero-order chi connectivity index (χ0) is 15.0. The van der Waals surface area contributed by atoms with E-state index in [1.807, 2.05) is 49.1 Å². The summed E-state index contributed by atoms with van der Waals surface area (Å²) in [5, 5.41) is 11.6. The molecule has 0 radical (unpaired) electrons. The quantitative estimate of drug-likeness (QED) is 0.755. The van der Waals surface area contributed by atoms with Crippen LogP contribution < -0.4 is 4.74 Å². The van der Waals surface area contributed by atoms with Crippen LogP contribution in [0.4, 0.5) is 0 Å². The molecule has 0 saturated heterocycles. The van der Waals surface area contributed by atoms with E-state index < -0.39 is 0 Å². The van der Waals surface area contributed by atoms with Crippen LogP contribution in [0.3, 0.4) is 0 Å². The van der Waals surface area contributed by atoms with Gasteiger partial charge >= 0.3 is 0 Å². The number of ether oxygens (including phenoxy) is 1. The van der Waals surface area contributed by atoms with Crippen LogP contribution in [-0.4, -0.2) is 31.7 Å². The Hall–Kier alpha value is -2.41. The van der Waals surface area contributed by atoms with E-state index in [4.69, 9.17) is 17.0 Å². The van der Waals surface area contributed by atoms with Gasteiger partial charge in [0.05, 0.1) is 12.7 Å². The van der Waals surface area contributed by atoms with Crippen molar-refractivity contribution >= 4 is 12.2 Å². The van der Waals surface area contributed by atoms with Crippen molar-refractivity contribution in [3.8, 4) is 28.4 Å². The number of aromatic amines is 1. The molecule has 0 amide bonds. The molecule has 0 unspecified atom stereocenters. The van der Waals surface area contributed by atoms with Gasteiger partial charge in [0.15, 0.2) is 10.6 Å². The lowest BCUT2D eigenvalue weighted by Gasteiger charge is -2.04. The molecule has 0 spiro atoms. The van der Waals surface area contributed by atoms with Crippen molar-refractivity contribution < 1.29 is 4.74 Å². The highest BCUT2D eigenvalue weighted by Gasteiger charge is 2.16. The Bertz CT molecular complexity index is 845. The molecule has 2 aromatic heterocycles. The van der Waals surface area contributed by atoms with Crippen LogP contribution in [0.15, 0.2) is 30.5 Å². The molecule has 1 N–H and O–H groups in total. The zero-order valence-corrected chi connectivity index (χ0v) is 12.8. The van der Waals surface area contributed by atoms with Crippen molar-refractivity contribution in [2.24, 2.45) is 14.1 Å². The maximum atomic E-state index is 5.28. The Kier molecular flexibility index (Phi) is 3.34. The minimum atomic E-state index is 0.574. The fraction of sp³-hybridized carbons (Fsp3) is 0.214. The van der Waals surface area contributed by atoms with Gasteiger partial charge in [0.2, 0.25) is 0 Å². The predicted molar refractivity (Wildman–Crippen MR) is 82.6 cm³/mol. The molecule has 21 heavy (non-hydrogen) atoms. The Balaban J connectivity index is 2.20. The number of methoxy groups -OCH3 is 1. The lowest BCUT2D eigenvalue weighted by Crippen LogP contribution is -1.93. The molecular weight excluding hydrogens is 286 g/mol. The average molecular weight is 301 g/mol. The molecule has 6 nitrogen and oxygen atoms in total. The van der Waals surface area contributed by atoms with E-state index in [0.29, 0.717) is 4.77 Å². The van der Waals surface area contributed by atoms with E-state index in [1.165, 1.54) is 0 Å². The number of hydrogen-bond acceptors (Lipinski definition) is 4. The number of nitrogens with zero attached hydrogens (tertiary/aromatic N) is 4. The third-order valence-corrected chi connectivity index (χ3v) is 3.66. The highest BCUT2D eigenvalue weighted by atomic mass is 32.1. The summed E-state index contributed by atoms with van der Waals surface area (Å²) in [6.07, 6.45) is 1.93. The van der Waals surface area contributed by atoms with Crippen LogP contribution in [-0.2, 0) is 14.1 Å². The normalized spacial score (nSPS) is 10.8. The Labute approximate surface area is 127 Å². The molecule has 7 heteroatoms. The Morgan fingerprint density at radius 3 is 2.76 bits per heavy atom. The van der Waals surface area contributed by atoms with E-state index in [2.05, 4.69) is 15.3 Å². The van der Waals surface area contributed by atoms with E-state index in [1.54, 1.807) is 11.8 Å². The topological polar surface area (TPSA) is 60.7 Å². The van der Waals surface area contributed by atoms with E-state index in [-0.39, 0.29) is 0 Å². The third kappa shape index (κ3) is 2.36. The fourth-order valence-electron chi connectivity index (χ4n) is 2.22. The van der Waals surface area contributed by atoms with Gasteiger partial charge in [-0.2, -0.15) is 10.2 Å². The summed E-state index contributed by atoms with van der Waals surface area (Å²) in [6, 6.07) is 7.79. The van der Waals surface area contributed by atoms with Gasteiger partial charge in [-0.15, -0.1) is 0 Å². The van der Waals surface area contributed by atoms with Gasteiger partial charge in [-0.3, -0.25) is 9.78 Å². The smallest absolute Gasteiger partial charge is 0.195 e. The fourth-order valence-corrected chi connectivity index (χ4v) is 2.36. The minimum absolute atomic E-state index is 0.574. The summed E-state index contributed by atoms with van der Waals surface area (Å²) >= 11 is 5.18. The molecule has 2 heterocycles. The van der Waals surface area contributed by atoms with E-state index in [9.17, 15) is 0 Å². The number of H-pyrrole nitrogens is 1. The summed E-state index contributed by atoms with van der Waals surface area (Å²) in [5.74, 6) is 1.55. The van der Waals surface area contributed by atoms with Crippen molar-refractivity contribution in [1.29, 1.82) is 0 Å². The Morgan fingerprint density at radius 1 is 1.29 bits per heavy atom. The average Bonchev–Trinajstić information content (AvgIpc) is 3.03. The van der Waals surface area contributed by atoms with Crippen LogP contribution in [0, 0.1) is 4.77 Å². The lowest BCUT2D eigenvalue weighted by molar-refractivity contribution is 0.415. The number of hydrogen-bond donors (Lipinski definition) is 1. The molecule has 0 saturated carbocycles. The van der Waals surface area contributed by atoms with Gasteiger partial charge < -0.3 is 9.30 Å². The number of nitrogens with one attached hydrogen (secondary N) is 1. The molecule has 3 aromatic rings. The molecular formula is C14H15N5OS. The van der Waals surface area contributed by atoms with Gasteiger partial charge in [-0.1, -0.05) is 12.1 Å². The third-order valence-electron chi connectivity index (χ3n) is 3.29. The maximum absolute atomic E-state index is 5.28. The minimum Gasteiger partial charge on any atom is -0.497 e. The second-order valence-corrected chi connectivity index (χ2v) is 5.10. The highest BCUT2D eigenvalue weighted by Crippen LogP contribution is 2.31. The van der Waals surface area contributed by atoms with Crippen molar-refractivity contribution in [2.75, 3.05) is 7.11 Å². The Morgan fingerprint density at radius 2 is 2.10 bits per heavy atom. The van der Waals surface area contributed by atoms with Gasteiger partial charge in [0.1, 0.15) is 11.4 Å². The number of rotatable bonds is 3. The summed E-state index contributed by atoms with van der Waals surface area (Å²) in [4.78, 5) is 0. The monoisotopic (exact) mass is 301 g/mol. The number of benzene rings is 1. The van der Waals surface area contributed by atoms with Crippen molar-refractivity contribution in [3.05, 3.63) is 35.2 Å². The standard InChI is InChI=1S/C14H15N5OS/c1-18-8-11(13-15-16-14(21)19(13)2)12(17-18)9-5-4-6-10(7-9)20-3/h4-8H,1-3H3,(H,16,21). The zero-order valence-electron chi connectivity index (χ0n) is 12.0. The number of aromatic nitrogens is 5. The van der Waals surface area contributed by atoms with E-state index >= 15 is 0 Å². The molecule has 0 aliphatic carbocycles. The van der Waals surface area contributed by atoms with Gasteiger partial charge in [-0.25, -0.2) is 0 Å². The second kappa shape index (κ2) is 5.17. The van der Waals surface area contributed by atoms with Crippen LogP contribution in [0.1, 0.15) is 0 Å². The molecule has 1 aromatic carbocycles. The summed E-state index contributed by atoms with van der Waals surface area (Å²) in [6.45, 7) is 0. The molecule has 108 valence electrons. The van der Waals surface area contributed by atoms with Crippen LogP contribution >= 0.6 is 12.2 Å². The first-order valence-electron chi connectivity index (χ1n) is 6.40. The van der Waals surface area contributed by atoms with Crippen LogP contribution in [0.5, 0.6) is 5.75 Å². The SMILES string of the molecule is COc1cccc(-c2nn(C)cc2-c2n[nH]c(=S)n2C)c1. The van der Waals surface area contributed by atoms with Crippen LogP contribution in [0.2, 0.25) is 0 Å². The highest BCUT2D eigenvalue weighted by molar-refractivity contribution is 7.71. The molecule has 3 rings (SSSR count). The molecule has 0 aliphatic heterocycles. The van der Waals surface area contributed by atoms with Crippen molar-refractivity contribution in [3.63, 3.8) is 0 Å². The van der Waals surface area contributed by atoms with Crippen molar-refractivity contribution in [2.45, 2.75) is 0 Å². The lowest BCUT2D eigenvalue weighted by atomic mass is 10.1. The van der Waals surface area contributed by atoms with Crippen LogP contribution in [0.25, 0.3) is 22.6 Å². The second-order valence-electron chi connectivity index (χ2n) is 4.71. The number of aryl methyl sites for hydroxylation is 1. The molecule has 0 aliphatic rings. The maximum Gasteiger partial charge on any atom is 0.195 e. The summed E-state index contributed by atoms with van der Waals surface area (Å²) in [7, 11) is 5.41. The van der Waals surface area contributed by atoms with Gasteiger partial charge in [-0.05, 0) is 24.4 Å². The summed E-state index contributed by atoms with van der Waals surface area (Å²) in [5.41, 5.74) is 2.73. The first-order valence-corrected chi connectivity index (χ1v) is 6.81. The predicted octanol–water partition coefficient (Wildman–Crippen LogP) is 2.55. The molecule has 0 bridgehead atoms. The van der Waals surface area contributed by atoms with Gasteiger partial charge in [0, 0.05) is 25.9 Å². The first kappa shape index (κ1) is 13.6. The van der Waals surface area contributed by atoms with Gasteiger partial charge in [0.25, 0.3) is 0 Å². The van der Waals surface area contributed by atoms with E-state index in [0.717, 1.165) is 28.4 Å². The first-order chi connectivity index (χ1) is 10.1. The summed E-state index contributed by atoms with van der Waals surface area (Å²) < 4.78 is 9.45. The van der Waals surface area contributed by atoms with Crippen molar-refractivity contribution in [1.82, 2.24) is 24.5 Å².